The van der Waals surface area contributed by atoms with E-state index in [1.54, 1.807) is 38.1 Å². The number of aromatic hydroxyl groups is 2. The summed E-state index contributed by atoms with van der Waals surface area (Å²) in [7, 11) is -21.7. The van der Waals surface area contributed by atoms with Crippen LogP contribution >= 0.6 is 0 Å². The molecule has 0 aromatic heterocycles. The molecule has 0 spiro atoms. The molecule has 302 valence electrons. The van der Waals surface area contributed by atoms with Crippen molar-refractivity contribution in [1.29, 1.82) is 0 Å². The van der Waals surface area contributed by atoms with Crippen LogP contribution in [0.25, 0.3) is 32.7 Å². The molecule has 0 aliphatic heterocycles. The molecule has 0 saturated heterocycles. The summed E-state index contributed by atoms with van der Waals surface area (Å²) in [5, 5.41) is 36.5. The molecule has 20 nitrogen and oxygen atoms in total. The number of hydrogen-bond acceptors (Lipinski definition) is 20. The first-order valence-corrected chi connectivity index (χ1v) is 21.5. The van der Waals surface area contributed by atoms with E-state index in [4.69, 9.17) is 11.5 Å². The summed E-state index contributed by atoms with van der Waals surface area (Å²) in [5.74, 6) is -1.83. The van der Waals surface area contributed by atoms with Crippen molar-refractivity contribution in [3.05, 3.63) is 83.9 Å². The first-order valence-electron chi connectivity index (χ1n) is 15.8. The Kier molecular flexibility index (Phi) is 18.6. The summed E-state index contributed by atoms with van der Waals surface area (Å²) in [5.41, 5.74) is 11.6. The van der Waals surface area contributed by atoms with Crippen molar-refractivity contribution >= 4 is 96.1 Å². The largest absolute Gasteiger partial charge is 1.00 e. The van der Waals surface area contributed by atoms with E-state index in [-0.39, 0.29) is 130 Å². The maximum Gasteiger partial charge on any atom is 1.00 e. The second kappa shape index (κ2) is 20.6. The van der Waals surface area contributed by atoms with Gasteiger partial charge in [0.25, 0.3) is 0 Å². The molecule has 28 heteroatoms. The van der Waals surface area contributed by atoms with Gasteiger partial charge in [-0.3, -0.25) is 0 Å². The van der Waals surface area contributed by atoms with Crippen molar-refractivity contribution in [2.24, 2.45) is 20.5 Å². The van der Waals surface area contributed by atoms with Gasteiger partial charge in [0.15, 0.2) is 11.5 Å². The Morgan fingerprint density at radius 2 is 0.710 bits per heavy atom. The Bertz CT molecular complexity index is 3100. The standard InChI is InChI=1S/C34H28N6O14S4.4Na/c1-15-3-7-21(37-39-23-9-5-17-25(55(43,44)45)13-27(57(49,50)51)31(35)29(17)33(23)41)19(11-15)20-12-16(2)4-8-22(20)38-40-24-10-6-18-26(56(46,47)48)14-28(58(52,53)54)32(36)30(18)34(24)42;;;;/h3-14,41-42H,35-36H2,1-2H3,(H,43,44,45)(H,46,47,48)(H,49,50,51)(H,52,53,54);;;;/q;4*+1/p-4. The average Bonchev–Trinajstić information content (AvgIpc) is 3.09. The number of nitrogens with zero attached hydrogens (tertiary/aromatic N) is 4. The third-order valence-corrected chi connectivity index (χ3v) is 12.1. The van der Waals surface area contributed by atoms with Gasteiger partial charge in [0.2, 0.25) is 0 Å². The molecule has 0 bridgehead atoms. The maximum atomic E-state index is 12.0. The summed E-state index contributed by atoms with van der Waals surface area (Å²) in [6, 6.07) is 14.4. The molecule has 0 radical (unpaired) electrons. The van der Waals surface area contributed by atoms with Crippen LogP contribution < -0.4 is 130 Å². The quantitative estimate of drug-likeness (QED) is 0.0453. The fraction of sp³-hybridized carbons (Fsp3) is 0.0588. The Morgan fingerprint density at radius 1 is 0.435 bits per heavy atom. The summed E-state index contributed by atoms with van der Waals surface area (Å²) < 4.78 is 143. The average molecular weight is 961 g/mol. The van der Waals surface area contributed by atoms with E-state index >= 15 is 0 Å². The summed E-state index contributed by atoms with van der Waals surface area (Å²) >= 11 is 0. The number of phenols is 2. The number of benzene rings is 6. The Labute approximate surface area is 442 Å². The SMILES string of the molecule is Cc1ccc(N=Nc2ccc3c(S(=O)(=O)[O-])cc(S(=O)(=O)[O-])c(N)c3c2O)c(-c2cc(C)ccc2N=Nc2ccc3c(S(=O)(=O)[O-])cc(S(=O)(=O)[O-])c(N)c3c2O)c1.[Na+].[Na+].[Na+].[Na+]. The van der Waals surface area contributed by atoms with Gasteiger partial charge in [0, 0.05) is 21.9 Å². The molecule has 0 atom stereocenters. The van der Waals surface area contributed by atoms with Gasteiger partial charge in [0.05, 0.1) is 53.1 Å². The molecule has 0 heterocycles. The molecule has 0 aliphatic carbocycles. The van der Waals surface area contributed by atoms with Gasteiger partial charge in [-0.25, -0.2) is 33.7 Å². The van der Waals surface area contributed by atoms with E-state index in [1.807, 2.05) is 0 Å². The molecule has 0 saturated carbocycles. The first kappa shape index (κ1) is 56.0. The van der Waals surface area contributed by atoms with E-state index < -0.39 is 116 Å². The summed E-state index contributed by atoms with van der Waals surface area (Å²) in [6.45, 7) is 3.49. The van der Waals surface area contributed by atoms with Crippen LogP contribution in [0.2, 0.25) is 0 Å². The van der Waals surface area contributed by atoms with Crippen molar-refractivity contribution in [1.82, 2.24) is 0 Å². The smallest absolute Gasteiger partial charge is 0.744 e. The molecule has 6 aromatic rings. The number of rotatable bonds is 9. The third kappa shape index (κ3) is 11.5. The van der Waals surface area contributed by atoms with Crippen LogP contribution in [0.4, 0.5) is 34.1 Å². The Morgan fingerprint density at radius 3 is 1.00 bits per heavy atom. The van der Waals surface area contributed by atoms with Crippen LogP contribution in [0, 0.1) is 13.8 Å². The van der Waals surface area contributed by atoms with Crippen molar-refractivity contribution in [3.8, 4) is 22.6 Å². The molecule has 6 N–H and O–H groups in total. The maximum absolute atomic E-state index is 12.0. The van der Waals surface area contributed by atoms with E-state index in [2.05, 4.69) is 20.5 Å². The third-order valence-electron chi connectivity index (χ3n) is 8.64. The van der Waals surface area contributed by atoms with Crippen molar-refractivity contribution < 1.29 is 180 Å². The number of anilines is 2. The van der Waals surface area contributed by atoms with E-state index in [9.17, 15) is 62.1 Å². The zero-order valence-corrected chi connectivity index (χ0v) is 44.6. The van der Waals surface area contributed by atoms with Gasteiger partial charge < -0.3 is 39.9 Å². The van der Waals surface area contributed by atoms with E-state index in [0.29, 0.717) is 34.4 Å². The normalized spacial score (nSPS) is 12.2. The number of fused-ring (bicyclic) bond motifs is 2. The van der Waals surface area contributed by atoms with Gasteiger partial charge in [-0.1, -0.05) is 35.4 Å². The molecule has 0 aliphatic rings. The second-order valence-corrected chi connectivity index (χ2v) is 17.9. The van der Waals surface area contributed by atoms with Gasteiger partial charge >= 0.3 is 118 Å². The van der Waals surface area contributed by atoms with Crippen molar-refractivity contribution in [2.45, 2.75) is 33.4 Å². The fourth-order valence-electron chi connectivity index (χ4n) is 6.02. The minimum Gasteiger partial charge on any atom is -0.744 e. The first-order chi connectivity index (χ1) is 26.8. The number of azo groups is 2. The second-order valence-electron chi connectivity index (χ2n) is 12.5. The topological polar surface area (TPSA) is 371 Å². The fourth-order valence-corrected chi connectivity index (χ4v) is 8.84. The van der Waals surface area contributed by atoms with Crippen LogP contribution in [0.3, 0.4) is 0 Å². The molecule has 6 rings (SSSR count). The molecule has 0 unspecified atom stereocenters. The van der Waals surface area contributed by atoms with Crippen LogP contribution in [-0.2, 0) is 40.5 Å². The van der Waals surface area contributed by atoms with Gasteiger partial charge in [-0.2, -0.15) is 0 Å². The minimum absolute atomic E-state index is 0. The number of hydrogen-bond donors (Lipinski definition) is 4. The van der Waals surface area contributed by atoms with Crippen LogP contribution in [0.1, 0.15) is 11.1 Å². The van der Waals surface area contributed by atoms with Crippen LogP contribution in [0.5, 0.6) is 11.5 Å². The van der Waals surface area contributed by atoms with Crippen molar-refractivity contribution in [2.75, 3.05) is 11.5 Å². The van der Waals surface area contributed by atoms with Crippen LogP contribution in [-0.4, -0.2) is 62.1 Å². The number of nitrogen functional groups attached to an aromatic ring is 2. The summed E-state index contributed by atoms with van der Waals surface area (Å²) in [6.07, 6.45) is 0. The molecule has 62 heavy (non-hydrogen) atoms. The zero-order valence-electron chi connectivity index (χ0n) is 33.3. The van der Waals surface area contributed by atoms with Crippen LogP contribution in [0.15, 0.2) is 113 Å². The van der Waals surface area contributed by atoms with E-state index in [1.165, 1.54) is 12.1 Å². The molecule has 6 aromatic carbocycles. The number of nitrogens with two attached hydrogens (primary N) is 2. The molecular weight excluding hydrogens is 937 g/mol. The predicted octanol–water partition coefficient (Wildman–Crippen LogP) is -6.68. The molecule has 0 fully saturated rings. The Balaban J connectivity index is 0.00000331. The number of phenolic OH excluding ortho intramolecular Hbond substituents is 2. The Hall–Kier alpha value is -2.12. The van der Waals surface area contributed by atoms with Gasteiger partial charge in [0.1, 0.15) is 51.8 Å². The van der Waals surface area contributed by atoms with Gasteiger partial charge in [-0.15, -0.1) is 20.5 Å². The molecule has 0 amide bonds. The van der Waals surface area contributed by atoms with Crippen molar-refractivity contribution in [3.63, 3.8) is 0 Å². The predicted molar refractivity (Wildman–Crippen MR) is 202 cm³/mol. The monoisotopic (exact) mass is 960 g/mol. The van der Waals surface area contributed by atoms with Gasteiger partial charge in [-0.05, 0) is 62.4 Å². The summed E-state index contributed by atoms with van der Waals surface area (Å²) in [4.78, 5) is -4.79. The minimum atomic E-state index is -5.44. The zero-order chi connectivity index (χ0) is 42.9. The van der Waals surface area contributed by atoms with E-state index in [0.717, 1.165) is 24.3 Å². The number of aryl methyl sites for hydroxylation is 2. The molecular formula is C34H24N6Na4O14S4.